The van der Waals surface area contributed by atoms with Crippen LogP contribution in [0.1, 0.15) is 15.9 Å². The van der Waals surface area contributed by atoms with Crippen molar-refractivity contribution in [2.24, 2.45) is 0 Å². The van der Waals surface area contributed by atoms with Crippen molar-refractivity contribution >= 4 is 34.8 Å². The highest BCUT2D eigenvalue weighted by Crippen LogP contribution is 2.24. The van der Waals surface area contributed by atoms with Gasteiger partial charge >= 0.3 is 0 Å². The van der Waals surface area contributed by atoms with E-state index < -0.39 is 5.82 Å². The number of hydrogen-bond acceptors (Lipinski definition) is 5. The maximum Gasteiger partial charge on any atom is 0.255 e. The number of carbonyl (C=O) groups is 1. The summed E-state index contributed by atoms with van der Waals surface area (Å²) in [6.07, 6.45) is 1.32. The van der Waals surface area contributed by atoms with Crippen LogP contribution < -0.4 is 16.4 Å². The molecule has 0 aliphatic carbocycles. The smallest absolute Gasteiger partial charge is 0.255 e. The molecule has 8 heteroatoms. The average Bonchev–Trinajstić information content (AvgIpc) is 2.64. The summed E-state index contributed by atoms with van der Waals surface area (Å²) < 4.78 is 12.9. The second kappa shape index (κ2) is 7.79. The largest absolute Gasteiger partial charge is 0.382 e. The predicted molar refractivity (Wildman–Crippen MR) is 99.6 cm³/mol. The third-order valence-electron chi connectivity index (χ3n) is 3.57. The Bertz CT molecular complexity index is 933. The Hall–Kier alpha value is -3.19. The first kappa shape index (κ1) is 17.6. The zero-order chi connectivity index (χ0) is 18.5. The molecule has 1 heterocycles. The molecular weight excluding hydrogens is 357 g/mol. The van der Waals surface area contributed by atoms with Crippen molar-refractivity contribution in [3.05, 3.63) is 76.8 Å². The van der Waals surface area contributed by atoms with Crippen LogP contribution in [0, 0.1) is 5.82 Å². The van der Waals surface area contributed by atoms with Crippen molar-refractivity contribution in [3.8, 4) is 0 Å². The Morgan fingerprint density at radius 1 is 1.15 bits per heavy atom. The first-order valence-electron chi connectivity index (χ1n) is 7.68. The number of nitrogens with one attached hydrogen (secondary N) is 2. The van der Waals surface area contributed by atoms with Gasteiger partial charge in [-0.1, -0.05) is 23.7 Å². The van der Waals surface area contributed by atoms with Gasteiger partial charge in [-0.25, -0.2) is 14.4 Å². The van der Waals surface area contributed by atoms with Crippen LogP contribution in [0.5, 0.6) is 0 Å². The minimum Gasteiger partial charge on any atom is -0.382 e. The number of aromatic nitrogens is 2. The zero-order valence-corrected chi connectivity index (χ0v) is 14.3. The van der Waals surface area contributed by atoms with E-state index in [0.29, 0.717) is 23.6 Å². The van der Waals surface area contributed by atoms with Gasteiger partial charge in [-0.05, 0) is 42.0 Å². The third-order valence-corrected chi connectivity index (χ3v) is 3.94. The van der Waals surface area contributed by atoms with Gasteiger partial charge in [0.1, 0.15) is 23.0 Å². The van der Waals surface area contributed by atoms with Gasteiger partial charge in [0, 0.05) is 17.8 Å². The number of benzene rings is 2. The van der Waals surface area contributed by atoms with Crippen molar-refractivity contribution in [1.29, 1.82) is 0 Å². The summed E-state index contributed by atoms with van der Waals surface area (Å²) in [4.78, 5) is 20.0. The first-order valence-corrected chi connectivity index (χ1v) is 8.06. The molecule has 0 aliphatic rings. The Labute approximate surface area is 154 Å². The van der Waals surface area contributed by atoms with E-state index in [2.05, 4.69) is 20.6 Å². The summed E-state index contributed by atoms with van der Waals surface area (Å²) >= 11 is 6.04. The number of amides is 1. The molecule has 4 N–H and O–H groups in total. The van der Waals surface area contributed by atoms with Gasteiger partial charge in [0.25, 0.3) is 5.91 Å². The summed E-state index contributed by atoms with van der Waals surface area (Å²) in [6, 6.07) is 12.6. The molecule has 1 aromatic heterocycles. The van der Waals surface area contributed by atoms with Gasteiger partial charge in [0.05, 0.1) is 0 Å². The lowest BCUT2D eigenvalue weighted by atomic mass is 10.1. The van der Waals surface area contributed by atoms with Gasteiger partial charge in [-0.15, -0.1) is 0 Å². The van der Waals surface area contributed by atoms with Gasteiger partial charge in [0.15, 0.2) is 5.82 Å². The van der Waals surface area contributed by atoms with Crippen LogP contribution in [0.2, 0.25) is 5.02 Å². The Morgan fingerprint density at radius 3 is 2.69 bits per heavy atom. The minimum absolute atomic E-state index is 0.199. The molecule has 0 unspecified atom stereocenters. The van der Waals surface area contributed by atoms with Crippen molar-refractivity contribution in [2.75, 3.05) is 16.4 Å². The van der Waals surface area contributed by atoms with Crippen molar-refractivity contribution in [2.45, 2.75) is 6.54 Å². The van der Waals surface area contributed by atoms with Crippen LogP contribution in [0.25, 0.3) is 0 Å². The molecule has 3 aromatic rings. The quantitative estimate of drug-likeness (QED) is 0.635. The number of carbonyl (C=O) groups excluding carboxylic acids is 1. The first-order chi connectivity index (χ1) is 12.5. The summed E-state index contributed by atoms with van der Waals surface area (Å²) in [7, 11) is 0. The van der Waals surface area contributed by atoms with E-state index in [-0.39, 0.29) is 16.7 Å². The van der Waals surface area contributed by atoms with Gasteiger partial charge in [0.2, 0.25) is 0 Å². The molecule has 0 bridgehead atoms. The number of anilines is 3. The topological polar surface area (TPSA) is 92.9 Å². The lowest BCUT2D eigenvalue weighted by molar-refractivity contribution is 0.102. The van der Waals surface area contributed by atoms with E-state index in [1.54, 1.807) is 6.07 Å². The summed E-state index contributed by atoms with van der Waals surface area (Å²) in [6.45, 7) is 0.427. The van der Waals surface area contributed by atoms with Gasteiger partial charge < -0.3 is 16.4 Å². The van der Waals surface area contributed by atoms with Crippen LogP contribution in [-0.4, -0.2) is 15.9 Å². The highest BCUT2D eigenvalue weighted by Gasteiger charge is 2.08. The Kier molecular flexibility index (Phi) is 5.28. The second-order valence-electron chi connectivity index (χ2n) is 5.44. The molecule has 0 radical (unpaired) electrons. The lowest BCUT2D eigenvalue weighted by Gasteiger charge is -2.10. The Morgan fingerprint density at radius 2 is 1.92 bits per heavy atom. The van der Waals surface area contributed by atoms with Crippen molar-refractivity contribution in [1.82, 2.24) is 9.97 Å². The number of nitrogens with two attached hydrogens (primary N) is 1. The molecule has 0 aliphatic heterocycles. The molecule has 0 saturated heterocycles. The molecule has 26 heavy (non-hydrogen) atoms. The highest BCUT2D eigenvalue weighted by molar-refractivity contribution is 6.35. The normalized spacial score (nSPS) is 10.4. The standard InChI is InChI=1S/C18H15ClFN5O/c19-15-16(21)23-10-24-17(15)22-9-11-2-1-3-14(8-11)25-18(26)12-4-6-13(20)7-5-12/h1-8,10H,9H2,(H,25,26)(H3,21,22,23,24). The summed E-state index contributed by atoms with van der Waals surface area (Å²) in [5.74, 6) is -0.0789. The van der Waals surface area contributed by atoms with E-state index >= 15 is 0 Å². The molecule has 6 nitrogen and oxygen atoms in total. The average molecular weight is 372 g/mol. The fourth-order valence-electron chi connectivity index (χ4n) is 2.26. The maximum absolute atomic E-state index is 12.9. The highest BCUT2D eigenvalue weighted by atomic mass is 35.5. The van der Waals surface area contributed by atoms with E-state index in [4.69, 9.17) is 17.3 Å². The van der Waals surface area contributed by atoms with E-state index in [1.165, 1.54) is 30.6 Å². The number of rotatable bonds is 5. The molecule has 0 saturated carbocycles. The number of halogens is 2. The second-order valence-corrected chi connectivity index (χ2v) is 5.81. The van der Waals surface area contributed by atoms with Crippen molar-refractivity contribution in [3.63, 3.8) is 0 Å². The maximum atomic E-state index is 12.9. The SMILES string of the molecule is Nc1ncnc(NCc2cccc(NC(=O)c3ccc(F)cc3)c2)c1Cl. The molecule has 1 amide bonds. The van der Waals surface area contributed by atoms with Gasteiger partial charge in [-0.2, -0.15) is 0 Å². The van der Waals surface area contributed by atoms with Crippen LogP contribution in [0.15, 0.2) is 54.9 Å². The van der Waals surface area contributed by atoms with E-state index in [9.17, 15) is 9.18 Å². The van der Waals surface area contributed by atoms with E-state index in [1.807, 2.05) is 18.2 Å². The summed E-state index contributed by atoms with van der Waals surface area (Å²) in [5.41, 5.74) is 7.53. The molecule has 2 aromatic carbocycles. The molecule has 0 spiro atoms. The molecule has 3 rings (SSSR count). The fourth-order valence-corrected chi connectivity index (χ4v) is 2.42. The lowest BCUT2D eigenvalue weighted by Crippen LogP contribution is -2.12. The zero-order valence-electron chi connectivity index (χ0n) is 13.5. The number of nitrogen functional groups attached to an aromatic ring is 1. The van der Waals surface area contributed by atoms with Crippen LogP contribution in [0.4, 0.5) is 21.7 Å². The molecular formula is C18H15ClFN5O. The molecule has 0 atom stereocenters. The predicted octanol–water partition coefficient (Wildman–Crippen LogP) is 3.72. The molecule has 132 valence electrons. The fraction of sp³-hybridized carbons (Fsp3) is 0.0556. The summed E-state index contributed by atoms with van der Waals surface area (Å²) in [5, 5.41) is 6.10. The monoisotopic (exact) mass is 371 g/mol. The van der Waals surface area contributed by atoms with Crippen LogP contribution >= 0.6 is 11.6 Å². The van der Waals surface area contributed by atoms with Crippen molar-refractivity contribution < 1.29 is 9.18 Å². The Balaban J connectivity index is 1.67. The third kappa shape index (κ3) is 4.25. The minimum atomic E-state index is -0.390. The van der Waals surface area contributed by atoms with Crippen LogP contribution in [0.3, 0.4) is 0 Å². The van der Waals surface area contributed by atoms with Gasteiger partial charge in [-0.3, -0.25) is 4.79 Å². The van der Waals surface area contributed by atoms with E-state index in [0.717, 1.165) is 5.56 Å². The number of nitrogens with zero attached hydrogens (tertiary/aromatic N) is 2. The number of hydrogen-bond donors (Lipinski definition) is 3. The molecule has 0 fully saturated rings. The van der Waals surface area contributed by atoms with Crippen LogP contribution in [-0.2, 0) is 6.54 Å².